The molecule has 5 heteroatoms. The van der Waals surface area contributed by atoms with Gasteiger partial charge in [-0.05, 0) is 12.1 Å². The Balaban J connectivity index is 1.91. The molecule has 2 rings (SSSR count). The molecule has 0 aliphatic carbocycles. The lowest BCUT2D eigenvalue weighted by molar-refractivity contribution is -0.119. The number of para-hydroxylation sites is 1. The Morgan fingerprint density at radius 2 is 2.40 bits per heavy atom. The van der Waals surface area contributed by atoms with Crippen LogP contribution in [0.5, 0.6) is 0 Å². The fourth-order valence-electron chi connectivity index (χ4n) is 2.00. The molecule has 1 aromatic rings. The summed E-state index contributed by atoms with van der Waals surface area (Å²) < 4.78 is 5.54. The molecule has 0 bridgehead atoms. The van der Waals surface area contributed by atoms with Crippen molar-refractivity contribution >= 4 is 23.4 Å². The molecule has 4 nitrogen and oxygen atoms in total. The van der Waals surface area contributed by atoms with E-state index < -0.39 is 0 Å². The fourth-order valence-corrected chi connectivity index (χ4v) is 2.75. The second-order valence-electron chi connectivity index (χ2n) is 4.55. The first-order chi connectivity index (χ1) is 9.79. The summed E-state index contributed by atoms with van der Waals surface area (Å²) in [6, 6.07) is 7.81. The maximum absolute atomic E-state index is 12.1. The van der Waals surface area contributed by atoms with Crippen molar-refractivity contribution < 1.29 is 9.53 Å². The smallest absolute Gasteiger partial charge is 0.227 e. The molecule has 1 heterocycles. The van der Waals surface area contributed by atoms with E-state index in [0.717, 1.165) is 29.4 Å². The fraction of sp³-hybridized carbons (Fsp3) is 0.400. The molecule has 1 amide bonds. The van der Waals surface area contributed by atoms with Crippen LogP contribution in [0.2, 0.25) is 0 Å². The lowest BCUT2D eigenvalue weighted by Crippen LogP contribution is -2.40. The number of hydrogen-bond acceptors (Lipinski definition) is 4. The van der Waals surface area contributed by atoms with Crippen molar-refractivity contribution in [3.05, 3.63) is 36.9 Å². The molecule has 1 unspecified atom stereocenters. The number of carbonyl (C=O) groups excluding carboxylic acids is 1. The Kier molecular flexibility index (Phi) is 6.11. The monoisotopic (exact) mass is 292 g/mol. The molecule has 1 aliphatic rings. The normalized spacial score (nSPS) is 18.5. The van der Waals surface area contributed by atoms with Crippen LogP contribution in [0.25, 0.3) is 0 Å². The van der Waals surface area contributed by atoms with Crippen molar-refractivity contribution in [3.63, 3.8) is 0 Å². The first-order valence-electron chi connectivity index (χ1n) is 6.74. The predicted molar refractivity (Wildman–Crippen MR) is 83.2 cm³/mol. The second-order valence-corrected chi connectivity index (χ2v) is 5.61. The third kappa shape index (κ3) is 4.67. The summed E-state index contributed by atoms with van der Waals surface area (Å²) in [6.07, 6.45) is 2.20. The summed E-state index contributed by atoms with van der Waals surface area (Å²) in [6.45, 7) is 5.98. The Hall–Kier alpha value is -1.30. The molecule has 0 aromatic heterocycles. The van der Waals surface area contributed by atoms with Gasteiger partial charge in [0, 0.05) is 23.7 Å². The van der Waals surface area contributed by atoms with Crippen molar-refractivity contribution in [3.8, 4) is 0 Å². The number of benzene rings is 1. The van der Waals surface area contributed by atoms with E-state index in [2.05, 4.69) is 17.2 Å². The number of nitrogens with one attached hydrogen (secondary N) is 2. The number of rotatable bonds is 6. The van der Waals surface area contributed by atoms with Crippen molar-refractivity contribution in [1.82, 2.24) is 5.32 Å². The van der Waals surface area contributed by atoms with E-state index >= 15 is 0 Å². The van der Waals surface area contributed by atoms with Gasteiger partial charge >= 0.3 is 0 Å². The first kappa shape index (κ1) is 15.1. The van der Waals surface area contributed by atoms with Gasteiger partial charge in [0.15, 0.2) is 0 Å². The minimum Gasteiger partial charge on any atom is -0.375 e. The Morgan fingerprint density at radius 1 is 1.55 bits per heavy atom. The average Bonchev–Trinajstić information content (AvgIpc) is 2.47. The predicted octanol–water partition coefficient (Wildman–Crippen LogP) is 2.28. The highest BCUT2D eigenvalue weighted by atomic mass is 32.2. The third-order valence-corrected chi connectivity index (χ3v) is 4.00. The SMILES string of the molecule is C=CCSc1ccccc1NC(=O)CC1CNCCO1. The van der Waals surface area contributed by atoms with Gasteiger partial charge in [-0.25, -0.2) is 0 Å². The maximum atomic E-state index is 12.1. The summed E-state index contributed by atoms with van der Waals surface area (Å²) in [5.74, 6) is 0.813. The average molecular weight is 292 g/mol. The van der Waals surface area contributed by atoms with Crippen LogP contribution in [-0.2, 0) is 9.53 Å². The highest BCUT2D eigenvalue weighted by Gasteiger charge is 2.17. The molecule has 1 atom stereocenters. The van der Waals surface area contributed by atoms with Crippen molar-refractivity contribution in [1.29, 1.82) is 0 Å². The van der Waals surface area contributed by atoms with Crippen LogP contribution in [0, 0.1) is 0 Å². The largest absolute Gasteiger partial charge is 0.375 e. The number of hydrogen-bond donors (Lipinski definition) is 2. The van der Waals surface area contributed by atoms with Crippen molar-refractivity contribution in [2.45, 2.75) is 17.4 Å². The number of anilines is 1. The zero-order valence-electron chi connectivity index (χ0n) is 11.4. The number of morpholine rings is 1. The van der Waals surface area contributed by atoms with Gasteiger partial charge in [-0.3, -0.25) is 4.79 Å². The van der Waals surface area contributed by atoms with E-state index in [9.17, 15) is 4.79 Å². The van der Waals surface area contributed by atoms with Gasteiger partial charge in [-0.15, -0.1) is 18.3 Å². The van der Waals surface area contributed by atoms with Crippen LogP contribution in [0.4, 0.5) is 5.69 Å². The minimum absolute atomic E-state index is 0.00893. The molecule has 1 fully saturated rings. The number of ether oxygens (including phenoxy) is 1. The van der Waals surface area contributed by atoms with Crippen LogP contribution in [0.1, 0.15) is 6.42 Å². The van der Waals surface area contributed by atoms with Crippen molar-refractivity contribution in [2.75, 3.05) is 30.8 Å². The lowest BCUT2D eigenvalue weighted by atomic mass is 10.2. The van der Waals surface area contributed by atoms with E-state index in [1.807, 2.05) is 30.3 Å². The molecule has 20 heavy (non-hydrogen) atoms. The van der Waals surface area contributed by atoms with Gasteiger partial charge in [0.2, 0.25) is 5.91 Å². The van der Waals surface area contributed by atoms with E-state index in [1.54, 1.807) is 11.8 Å². The third-order valence-electron chi connectivity index (χ3n) is 2.94. The van der Waals surface area contributed by atoms with Crippen LogP contribution in [-0.4, -0.2) is 37.5 Å². The van der Waals surface area contributed by atoms with Gasteiger partial charge in [0.05, 0.1) is 24.8 Å². The van der Waals surface area contributed by atoms with Gasteiger partial charge < -0.3 is 15.4 Å². The highest BCUT2D eigenvalue weighted by molar-refractivity contribution is 7.99. The Morgan fingerprint density at radius 3 is 3.15 bits per heavy atom. The summed E-state index contributed by atoms with van der Waals surface area (Å²) in [5.41, 5.74) is 0.855. The van der Waals surface area contributed by atoms with Crippen LogP contribution >= 0.6 is 11.8 Å². The topological polar surface area (TPSA) is 50.4 Å². The lowest BCUT2D eigenvalue weighted by Gasteiger charge is -2.23. The summed E-state index contributed by atoms with van der Waals surface area (Å²) in [7, 11) is 0. The Bertz CT molecular complexity index is 459. The molecule has 1 saturated heterocycles. The first-order valence-corrected chi connectivity index (χ1v) is 7.73. The van der Waals surface area contributed by atoms with E-state index in [-0.39, 0.29) is 12.0 Å². The second kappa shape index (κ2) is 8.09. The summed E-state index contributed by atoms with van der Waals surface area (Å²) in [5, 5.41) is 6.19. The zero-order valence-corrected chi connectivity index (χ0v) is 12.2. The summed E-state index contributed by atoms with van der Waals surface area (Å²) >= 11 is 1.66. The molecule has 1 aliphatic heterocycles. The van der Waals surface area contributed by atoms with E-state index in [0.29, 0.717) is 13.0 Å². The van der Waals surface area contributed by atoms with Gasteiger partial charge in [0.25, 0.3) is 0 Å². The van der Waals surface area contributed by atoms with Crippen LogP contribution in [0.3, 0.4) is 0 Å². The molecular weight excluding hydrogens is 272 g/mol. The van der Waals surface area contributed by atoms with Crippen molar-refractivity contribution in [2.24, 2.45) is 0 Å². The van der Waals surface area contributed by atoms with E-state index in [4.69, 9.17) is 4.74 Å². The van der Waals surface area contributed by atoms with Gasteiger partial charge in [-0.1, -0.05) is 18.2 Å². The maximum Gasteiger partial charge on any atom is 0.227 e. The molecule has 108 valence electrons. The molecule has 0 radical (unpaired) electrons. The van der Waals surface area contributed by atoms with Crippen LogP contribution < -0.4 is 10.6 Å². The zero-order chi connectivity index (χ0) is 14.2. The molecule has 0 spiro atoms. The standard InChI is InChI=1S/C15H20N2O2S/c1-2-9-20-14-6-4-3-5-13(14)17-15(18)10-12-11-16-7-8-19-12/h2-6,12,16H,1,7-11H2,(H,17,18). The molecule has 1 aromatic carbocycles. The van der Waals surface area contributed by atoms with Gasteiger partial charge in [-0.2, -0.15) is 0 Å². The van der Waals surface area contributed by atoms with Gasteiger partial charge in [0.1, 0.15) is 0 Å². The number of thioether (sulfide) groups is 1. The summed E-state index contributed by atoms with van der Waals surface area (Å²) in [4.78, 5) is 13.1. The number of carbonyl (C=O) groups is 1. The Labute approximate surface area is 124 Å². The minimum atomic E-state index is -0.0308. The molecule has 2 N–H and O–H groups in total. The number of amides is 1. The molecule has 0 saturated carbocycles. The van der Waals surface area contributed by atoms with Crippen LogP contribution in [0.15, 0.2) is 41.8 Å². The highest BCUT2D eigenvalue weighted by Crippen LogP contribution is 2.27. The van der Waals surface area contributed by atoms with E-state index in [1.165, 1.54) is 0 Å². The molecular formula is C15H20N2O2S. The quantitative estimate of drug-likeness (QED) is 0.624.